The van der Waals surface area contributed by atoms with Crippen molar-refractivity contribution in [1.29, 1.82) is 0 Å². The number of benzene rings is 2. The molecule has 0 radical (unpaired) electrons. The van der Waals surface area contributed by atoms with Crippen LogP contribution in [-0.2, 0) is 0 Å². The fourth-order valence-corrected chi connectivity index (χ4v) is 2.19. The normalized spacial score (nSPS) is 10.0. The van der Waals surface area contributed by atoms with Gasteiger partial charge in [-0.25, -0.2) is 4.98 Å². The van der Waals surface area contributed by atoms with Gasteiger partial charge in [-0.05, 0) is 41.6 Å². The molecule has 0 spiro atoms. The third kappa shape index (κ3) is 2.88. The first-order valence-electron chi connectivity index (χ1n) is 6.87. The van der Waals surface area contributed by atoms with Gasteiger partial charge >= 0.3 is 0 Å². The minimum Gasteiger partial charge on any atom is -0.378 e. The molecule has 0 aliphatic rings. The van der Waals surface area contributed by atoms with Gasteiger partial charge < -0.3 is 4.90 Å². The summed E-state index contributed by atoms with van der Waals surface area (Å²) in [7, 11) is 4.06. The maximum Gasteiger partial charge on any atom is 0.121 e. The van der Waals surface area contributed by atoms with E-state index in [1.54, 1.807) is 0 Å². The molecule has 21 heavy (non-hydrogen) atoms. The summed E-state index contributed by atoms with van der Waals surface area (Å²) in [5.74, 6) is 6.37. The summed E-state index contributed by atoms with van der Waals surface area (Å²) in [5, 5.41) is 2.26. The van der Waals surface area contributed by atoms with Crippen LogP contribution in [0.25, 0.3) is 10.8 Å². The van der Waals surface area contributed by atoms with Gasteiger partial charge in [0, 0.05) is 36.9 Å². The summed E-state index contributed by atoms with van der Waals surface area (Å²) in [5.41, 5.74) is 2.99. The summed E-state index contributed by atoms with van der Waals surface area (Å²) >= 11 is 0. The third-order valence-electron chi connectivity index (χ3n) is 3.38. The molecule has 2 nitrogen and oxygen atoms in total. The maximum atomic E-state index is 4.39. The number of anilines is 1. The van der Waals surface area contributed by atoms with Crippen LogP contribution in [0.15, 0.2) is 60.8 Å². The molecule has 0 amide bonds. The SMILES string of the molecule is CN(C)c1ccc(C#Cc2nccc3ccccc23)cc1. The second kappa shape index (κ2) is 5.68. The topological polar surface area (TPSA) is 16.1 Å². The van der Waals surface area contributed by atoms with Crippen LogP contribution in [0.2, 0.25) is 0 Å². The molecule has 2 heteroatoms. The first-order valence-corrected chi connectivity index (χ1v) is 6.87. The lowest BCUT2D eigenvalue weighted by Gasteiger charge is -2.11. The lowest BCUT2D eigenvalue weighted by atomic mass is 10.1. The Hall–Kier alpha value is -2.79. The van der Waals surface area contributed by atoms with Crippen LogP contribution in [0.1, 0.15) is 11.3 Å². The van der Waals surface area contributed by atoms with Crippen LogP contribution < -0.4 is 4.90 Å². The molecule has 0 bridgehead atoms. The van der Waals surface area contributed by atoms with Gasteiger partial charge in [0.05, 0.1) is 0 Å². The molecule has 1 heterocycles. The summed E-state index contributed by atoms with van der Waals surface area (Å²) in [4.78, 5) is 6.46. The lowest BCUT2D eigenvalue weighted by Crippen LogP contribution is -2.07. The molecule has 3 aromatic rings. The maximum absolute atomic E-state index is 4.39. The van der Waals surface area contributed by atoms with E-state index in [9.17, 15) is 0 Å². The van der Waals surface area contributed by atoms with E-state index in [1.807, 2.05) is 50.6 Å². The zero-order valence-electron chi connectivity index (χ0n) is 12.2. The molecule has 102 valence electrons. The standard InChI is InChI=1S/C19H16N2/c1-21(2)17-10-7-15(8-11-17)9-12-19-18-6-4-3-5-16(18)13-14-20-19/h3-8,10-11,13-14H,1-2H3. The number of pyridine rings is 1. The molecular formula is C19H16N2. The zero-order chi connectivity index (χ0) is 14.7. The van der Waals surface area contributed by atoms with E-state index in [-0.39, 0.29) is 0 Å². The van der Waals surface area contributed by atoms with Gasteiger partial charge in [-0.1, -0.05) is 30.2 Å². The quantitative estimate of drug-likeness (QED) is 0.628. The fourth-order valence-electron chi connectivity index (χ4n) is 2.19. The molecule has 0 N–H and O–H groups in total. The highest BCUT2D eigenvalue weighted by Crippen LogP contribution is 2.16. The summed E-state index contributed by atoms with van der Waals surface area (Å²) < 4.78 is 0. The van der Waals surface area contributed by atoms with Crippen LogP contribution >= 0.6 is 0 Å². The predicted molar refractivity (Wildman–Crippen MR) is 88.5 cm³/mol. The Morgan fingerprint density at radius 1 is 0.857 bits per heavy atom. The highest BCUT2D eigenvalue weighted by molar-refractivity contribution is 5.86. The van der Waals surface area contributed by atoms with Gasteiger partial charge in [-0.2, -0.15) is 0 Å². The van der Waals surface area contributed by atoms with Gasteiger partial charge in [0.2, 0.25) is 0 Å². The minimum atomic E-state index is 0.824. The summed E-state index contributed by atoms with van der Waals surface area (Å²) in [6.45, 7) is 0. The van der Waals surface area contributed by atoms with Crippen molar-refractivity contribution in [3.05, 3.63) is 72.1 Å². The Labute approximate surface area is 125 Å². The van der Waals surface area contributed by atoms with E-state index in [2.05, 4.69) is 46.0 Å². The molecule has 0 saturated heterocycles. The molecule has 3 rings (SSSR count). The third-order valence-corrected chi connectivity index (χ3v) is 3.38. The Morgan fingerprint density at radius 3 is 2.38 bits per heavy atom. The average molecular weight is 272 g/mol. The highest BCUT2D eigenvalue weighted by Gasteiger charge is 1.98. The summed E-state index contributed by atoms with van der Waals surface area (Å²) in [6, 6.07) is 18.4. The molecule has 0 aliphatic carbocycles. The average Bonchev–Trinajstić information content (AvgIpc) is 2.53. The van der Waals surface area contributed by atoms with Crippen molar-refractivity contribution >= 4 is 16.5 Å². The molecular weight excluding hydrogens is 256 g/mol. The second-order valence-corrected chi connectivity index (χ2v) is 5.07. The van der Waals surface area contributed by atoms with Gasteiger partial charge in [-0.3, -0.25) is 0 Å². The van der Waals surface area contributed by atoms with Gasteiger partial charge in [-0.15, -0.1) is 0 Å². The molecule has 0 unspecified atom stereocenters. The van der Waals surface area contributed by atoms with Crippen LogP contribution in [-0.4, -0.2) is 19.1 Å². The minimum absolute atomic E-state index is 0.824. The van der Waals surface area contributed by atoms with Gasteiger partial charge in [0.1, 0.15) is 5.69 Å². The number of fused-ring (bicyclic) bond motifs is 1. The van der Waals surface area contributed by atoms with Crippen molar-refractivity contribution in [3.63, 3.8) is 0 Å². The van der Waals surface area contributed by atoms with Gasteiger partial charge in [0.25, 0.3) is 0 Å². The monoisotopic (exact) mass is 272 g/mol. The van der Waals surface area contributed by atoms with Crippen molar-refractivity contribution in [3.8, 4) is 11.8 Å². The lowest BCUT2D eigenvalue weighted by molar-refractivity contribution is 1.13. The van der Waals surface area contributed by atoms with E-state index in [0.29, 0.717) is 0 Å². The van der Waals surface area contributed by atoms with Crippen LogP contribution in [0, 0.1) is 11.8 Å². The van der Waals surface area contributed by atoms with E-state index in [0.717, 1.165) is 16.6 Å². The number of hydrogen-bond acceptors (Lipinski definition) is 2. The van der Waals surface area contributed by atoms with Gasteiger partial charge in [0.15, 0.2) is 0 Å². The molecule has 0 saturated carbocycles. The predicted octanol–water partition coefficient (Wildman–Crippen LogP) is 3.70. The largest absolute Gasteiger partial charge is 0.378 e. The van der Waals surface area contributed by atoms with Crippen molar-refractivity contribution in [1.82, 2.24) is 4.98 Å². The van der Waals surface area contributed by atoms with Crippen LogP contribution in [0.3, 0.4) is 0 Å². The summed E-state index contributed by atoms with van der Waals surface area (Å²) in [6.07, 6.45) is 1.81. The highest BCUT2D eigenvalue weighted by atomic mass is 15.1. The zero-order valence-corrected chi connectivity index (χ0v) is 12.2. The molecule has 0 atom stereocenters. The van der Waals surface area contributed by atoms with Crippen molar-refractivity contribution in [2.75, 3.05) is 19.0 Å². The molecule has 0 fully saturated rings. The first-order chi connectivity index (χ1) is 10.2. The molecule has 2 aromatic carbocycles. The van der Waals surface area contributed by atoms with Crippen molar-refractivity contribution in [2.24, 2.45) is 0 Å². The number of nitrogens with zero attached hydrogens (tertiary/aromatic N) is 2. The van der Waals surface area contributed by atoms with Crippen LogP contribution in [0.4, 0.5) is 5.69 Å². The Kier molecular flexibility index (Phi) is 3.57. The Balaban J connectivity index is 1.96. The van der Waals surface area contributed by atoms with E-state index < -0.39 is 0 Å². The fraction of sp³-hybridized carbons (Fsp3) is 0.105. The smallest absolute Gasteiger partial charge is 0.121 e. The van der Waals surface area contributed by atoms with E-state index >= 15 is 0 Å². The van der Waals surface area contributed by atoms with Crippen molar-refractivity contribution < 1.29 is 0 Å². The van der Waals surface area contributed by atoms with Crippen LogP contribution in [0.5, 0.6) is 0 Å². The van der Waals surface area contributed by atoms with E-state index in [1.165, 1.54) is 11.1 Å². The Bertz CT molecular complexity index is 816. The number of aromatic nitrogens is 1. The van der Waals surface area contributed by atoms with E-state index in [4.69, 9.17) is 0 Å². The number of rotatable bonds is 1. The molecule has 1 aromatic heterocycles. The first kappa shape index (κ1) is 13.2. The van der Waals surface area contributed by atoms with Crippen molar-refractivity contribution in [2.45, 2.75) is 0 Å². The Morgan fingerprint density at radius 2 is 1.62 bits per heavy atom. The second-order valence-electron chi connectivity index (χ2n) is 5.07. The number of hydrogen-bond donors (Lipinski definition) is 0. The molecule has 0 aliphatic heterocycles.